The number of pyridine rings is 1. The molecule has 2 aromatic carbocycles. The Kier molecular flexibility index (Phi) is 7.59. The van der Waals surface area contributed by atoms with Crippen LogP contribution in [0.5, 0.6) is 0 Å². The van der Waals surface area contributed by atoms with Gasteiger partial charge in [0.05, 0.1) is 16.3 Å². The third kappa shape index (κ3) is 5.81. The number of rotatable bonds is 5. The van der Waals surface area contributed by atoms with E-state index in [2.05, 4.69) is 36.4 Å². The molecular formula is C25H23BrClN5O2. The summed E-state index contributed by atoms with van der Waals surface area (Å²) in [7, 11) is 0. The Morgan fingerprint density at radius 2 is 1.62 bits per heavy atom. The molecule has 3 N–H and O–H groups in total. The predicted octanol–water partition coefficient (Wildman–Crippen LogP) is 5.81. The van der Waals surface area contributed by atoms with E-state index < -0.39 is 5.91 Å². The number of benzene rings is 2. The van der Waals surface area contributed by atoms with Crippen LogP contribution in [0.2, 0.25) is 5.02 Å². The van der Waals surface area contributed by atoms with Gasteiger partial charge in [0.15, 0.2) is 0 Å². The number of hydrogen-bond acceptors (Lipinski definition) is 4. The van der Waals surface area contributed by atoms with Gasteiger partial charge in [-0.2, -0.15) is 0 Å². The minimum absolute atomic E-state index is 0.281. The zero-order valence-corrected chi connectivity index (χ0v) is 20.6. The first-order valence-electron chi connectivity index (χ1n) is 10.9. The highest BCUT2D eigenvalue weighted by Gasteiger charge is 2.18. The van der Waals surface area contributed by atoms with E-state index in [4.69, 9.17) is 17.0 Å². The molecule has 0 unspecified atom stereocenters. The number of likely N-dealkylation sites (tertiary alicyclic amines) is 1. The standard InChI is InChI=1S/C25H23BrClN5O2/c26-18-8-10-21(20(14-18)25(34)31-22-11-9-19(27)15-29-22)30-24(33)17-6-4-16(5-7-17)23(28)32-12-2-1-3-13-32/h4-11,14-15,28H,1-3,12-13H2,(H,30,33)(H,29,31,34). The van der Waals surface area contributed by atoms with Crippen molar-refractivity contribution in [3.63, 3.8) is 0 Å². The minimum atomic E-state index is -0.420. The molecule has 0 spiro atoms. The smallest absolute Gasteiger partial charge is 0.258 e. The second-order valence-corrected chi connectivity index (χ2v) is 9.29. The SMILES string of the molecule is N=C(c1ccc(C(=O)Nc2ccc(Br)cc2C(=O)Nc2ccc(Cl)cn2)cc1)N1CCCCC1. The molecule has 1 fully saturated rings. The maximum absolute atomic E-state index is 12.9. The Bertz CT molecular complexity index is 1210. The molecule has 34 heavy (non-hydrogen) atoms. The number of nitrogens with zero attached hydrogens (tertiary/aromatic N) is 2. The first-order chi connectivity index (χ1) is 16.4. The van der Waals surface area contributed by atoms with Crippen molar-refractivity contribution in [3.8, 4) is 0 Å². The fourth-order valence-electron chi connectivity index (χ4n) is 3.72. The molecule has 0 aliphatic carbocycles. The van der Waals surface area contributed by atoms with E-state index in [1.165, 1.54) is 12.6 Å². The molecule has 9 heteroatoms. The number of amides is 2. The van der Waals surface area contributed by atoms with Crippen LogP contribution in [0.15, 0.2) is 65.3 Å². The summed E-state index contributed by atoms with van der Waals surface area (Å²) in [6.07, 6.45) is 4.84. The molecule has 1 aromatic heterocycles. The van der Waals surface area contributed by atoms with Crippen LogP contribution in [0.4, 0.5) is 11.5 Å². The Balaban J connectivity index is 1.47. The van der Waals surface area contributed by atoms with Crippen LogP contribution >= 0.6 is 27.5 Å². The fourth-order valence-corrected chi connectivity index (χ4v) is 4.19. The Morgan fingerprint density at radius 1 is 0.912 bits per heavy atom. The van der Waals surface area contributed by atoms with Gasteiger partial charge in [-0.25, -0.2) is 4.98 Å². The highest BCUT2D eigenvalue weighted by molar-refractivity contribution is 9.10. The van der Waals surface area contributed by atoms with Gasteiger partial charge in [0.2, 0.25) is 0 Å². The van der Waals surface area contributed by atoms with E-state index in [9.17, 15) is 9.59 Å². The number of nitrogens with one attached hydrogen (secondary N) is 3. The van der Waals surface area contributed by atoms with Gasteiger partial charge < -0.3 is 15.5 Å². The zero-order valence-electron chi connectivity index (χ0n) is 18.3. The van der Waals surface area contributed by atoms with Crippen molar-refractivity contribution >= 4 is 56.7 Å². The lowest BCUT2D eigenvalue weighted by Crippen LogP contribution is -2.35. The topological polar surface area (TPSA) is 98.2 Å². The highest BCUT2D eigenvalue weighted by atomic mass is 79.9. The molecule has 2 heterocycles. The van der Waals surface area contributed by atoms with Gasteiger partial charge in [0.1, 0.15) is 11.7 Å². The summed E-state index contributed by atoms with van der Waals surface area (Å²) in [6.45, 7) is 1.78. The maximum atomic E-state index is 12.9. The Labute approximate surface area is 211 Å². The Hall–Kier alpha value is -3.23. The number of anilines is 2. The molecule has 0 atom stereocenters. The van der Waals surface area contributed by atoms with Gasteiger partial charge in [0, 0.05) is 34.9 Å². The lowest BCUT2D eigenvalue weighted by molar-refractivity contribution is 0.102. The molecule has 4 rings (SSSR count). The van der Waals surface area contributed by atoms with Crippen molar-refractivity contribution in [1.29, 1.82) is 5.41 Å². The molecule has 1 aliphatic rings. The van der Waals surface area contributed by atoms with Crippen molar-refractivity contribution in [2.45, 2.75) is 19.3 Å². The van der Waals surface area contributed by atoms with E-state index in [1.54, 1.807) is 54.6 Å². The van der Waals surface area contributed by atoms with Gasteiger partial charge in [0.25, 0.3) is 11.8 Å². The molecule has 7 nitrogen and oxygen atoms in total. The van der Waals surface area contributed by atoms with Crippen molar-refractivity contribution in [1.82, 2.24) is 9.88 Å². The van der Waals surface area contributed by atoms with Gasteiger partial charge in [-0.15, -0.1) is 0 Å². The van der Waals surface area contributed by atoms with E-state index in [-0.39, 0.29) is 11.5 Å². The highest BCUT2D eigenvalue weighted by Crippen LogP contribution is 2.23. The van der Waals surface area contributed by atoms with Crippen molar-refractivity contribution in [2.24, 2.45) is 0 Å². The van der Waals surface area contributed by atoms with Gasteiger partial charge in [-0.3, -0.25) is 15.0 Å². The number of piperidine rings is 1. The van der Waals surface area contributed by atoms with Crippen LogP contribution in [-0.4, -0.2) is 40.6 Å². The monoisotopic (exact) mass is 539 g/mol. The average molecular weight is 541 g/mol. The van der Waals surface area contributed by atoms with Crippen LogP contribution in [0, 0.1) is 5.41 Å². The van der Waals surface area contributed by atoms with Crippen LogP contribution < -0.4 is 10.6 Å². The van der Waals surface area contributed by atoms with Crippen LogP contribution in [0.1, 0.15) is 45.5 Å². The van der Waals surface area contributed by atoms with Crippen molar-refractivity contribution in [3.05, 3.63) is 87.0 Å². The normalized spacial score (nSPS) is 13.3. The molecule has 1 aliphatic heterocycles. The average Bonchev–Trinajstić information content (AvgIpc) is 2.86. The molecule has 0 saturated carbocycles. The minimum Gasteiger partial charge on any atom is -0.357 e. The lowest BCUT2D eigenvalue weighted by Gasteiger charge is -2.29. The summed E-state index contributed by atoms with van der Waals surface area (Å²) in [5.41, 5.74) is 1.86. The number of hydrogen-bond donors (Lipinski definition) is 3. The number of aromatic nitrogens is 1. The number of halogens is 2. The third-order valence-corrected chi connectivity index (χ3v) is 6.25. The Morgan fingerprint density at radius 3 is 2.29 bits per heavy atom. The van der Waals surface area contributed by atoms with Crippen LogP contribution in [-0.2, 0) is 0 Å². The summed E-state index contributed by atoms with van der Waals surface area (Å²) >= 11 is 9.23. The van der Waals surface area contributed by atoms with Crippen LogP contribution in [0.25, 0.3) is 0 Å². The zero-order chi connectivity index (χ0) is 24.1. The molecule has 3 aromatic rings. The van der Waals surface area contributed by atoms with E-state index in [0.717, 1.165) is 31.5 Å². The van der Waals surface area contributed by atoms with Gasteiger partial charge in [-0.1, -0.05) is 39.7 Å². The predicted molar refractivity (Wildman–Crippen MR) is 138 cm³/mol. The number of carbonyl (C=O) groups is 2. The van der Waals surface area contributed by atoms with E-state index >= 15 is 0 Å². The summed E-state index contributed by atoms with van der Waals surface area (Å²) in [6, 6.07) is 15.2. The number of amidine groups is 1. The van der Waals surface area contributed by atoms with Crippen molar-refractivity contribution in [2.75, 3.05) is 23.7 Å². The maximum Gasteiger partial charge on any atom is 0.258 e. The molecule has 174 valence electrons. The fraction of sp³-hybridized carbons (Fsp3) is 0.200. The van der Waals surface area contributed by atoms with Crippen molar-refractivity contribution < 1.29 is 9.59 Å². The van der Waals surface area contributed by atoms with Gasteiger partial charge in [-0.05, 0) is 61.7 Å². The molecular weight excluding hydrogens is 518 g/mol. The summed E-state index contributed by atoms with van der Waals surface area (Å²) < 4.78 is 0.695. The largest absolute Gasteiger partial charge is 0.357 e. The molecule has 0 radical (unpaired) electrons. The quantitative estimate of drug-likeness (QED) is 0.281. The molecule has 0 bridgehead atoms. The third-order valence-electron chi connectivity index (χ3n) is 5.54. The summed E-state index contributed by atoms with van der Waals surface area (Å²) in [4.78, 5) is 31.9. The molecule has 2 amide bonds. The second-order valence-electron chi connectivity index (χ2n) is 7.93. The van der Waals surface area contributed by atoms with E-state index in [1.807, 2.05) is 0 Å². The first-order valence-corrected chi connectivity index (χ1v) is 12.1. The first kappa shape index (κ1) is 23.9. The summed E-state index contributed by atoms with van der Waals surface area (Å²) in [5.74, 6) is 0.0570. The lowest BCUT2D eigenvalue weighted by atomic mass is 10.1. The molecule has 1 saturated heterocycles. The number of carbonyl (C=O) groups excluding carboxylic acids is 2. The summed E-state index contributed by atoms with van der Waals surface area (Å²) in [5, 5.41) is 14.4. The second kappa shape index (κ2) is 10.8. The van der Waals surface area contributed by atoms with Gasteiger partial charge >= 0.3 is 0 Å². The van der Waals surface area contributed by atoms with Crippen LogP contribution in [0.3, 0.4) is 0 Å². The van der Waals surface area contributed by atoms with E-state index in [0.29, 0.717) is 32.4 Å².